The number of pyridine rings is 1. The second kappa shape index (κ2) is 9.45. The maximum atomic E-state index is 14.6. The molecule has 3 heterocycles. The van der Waals surface area contributed by atoms with Crippen LogP contribution in [0.15, 0.2) is 36.5 Å². The number of hydrogen-bond acceptors (Lipinski definition) is 7. The van der Waals surface area contributed by atoms with E-state index < -0.39 is 34.9 Å². The van der Waals surface area contributed by atoms with Crippen molar-refractivity contribution in [1.29, 1.82) is 0 Å². The molecule has 184 valence electrons. The summed E-state index contributed by atoms with van der Waals surface area (Å²) in [6.45, 7) is 1.83. The van der Waals surface area contributed by atoms with Gasteiger partial charge in [0.2, 0.25) is 0 Å². The minimum Gasteiger partial charge on any atom is -0.496 e. The Bertz CT molecular complexity index is 1300. The van der Waals surface area contributed by atoms with Crippen molar-refractivity contribution >= 4 is 34.6 Å². The van der Waals surface area contributed by atoms with E-state index in [4.69, 9.17) is 9.47 Å². The van der Waals surface area contributed by atoms with E-state index in [2.05, 4.69) is 10.3 Å². The van der Waals surface area contributed by atoms with Crippen molar-refractivity contribution in [2.45, 2.75) is 12.8 Å². The van der Waals surface area contributed by atoms with E-state index in [0.717, 1.165) is 23.5 Å². The van der Waals surface area contributed by atoms with E-state index in [-0.39, 0.29) is 29.5 Å². The zero-order valence-corrected chi connectivity index (χ0v) is 19.4. The van der Waals surface area contributed by atoms with Crippen LogP contribution in [0.3, 0.4) is 0 Å². The molecule has 0 saturated heterocycles. The maximum absolute atomic E-state index is 14.6. The van der Waals surface area contributed by atoms with Gasteiger partial charge < -0.3 is 24.8 Å². The third-order valence-corrected chi connectivity index (χ3v) is 6.40. The number of amides is 1. The molecule has 1 amide bonds. The molecule has 0 bridgehead atoms. The second-order valence-electron chi connectivity index (χ2n) is 7.40. The molecule has 3 aromatic rings. The van der Waals surface area contributed by atoms with Gasteiger partial charge >= 0.3 is 17.8 Å². The van der Waals surface area contributed by atoms with E-state index in [9.17, 15) is 27.9 Å². The Morgan fingerprint density at radius 1 is 1.26 bits per heavy atom. The molecule has 0 saturated carbocycles. The van der Waals surface area contributed by atoms with E-state index in [1.807, 2.05) is 0 Å². The van der Waals surface area contributed by atoms with Crippen molar-refractivity contribution in [1.82, 2.24) is 4.98 Å². The summed E-state index contributed by atoms with van der Waals surface area (Å²) in [5.74, 6) is -7.53. The fourth-order valence-electron chi connectivity index (χ4n) is 3.78. The van der Waals surface area contributed by atoms with Gasteiger partial charge in [0, 0.05) is 31.0 Å². The number of carboxylic acid groups (broad SMARTS) is 1. The third kappa shape index (κ3) is 4.36. The molecule has 8 nitrogen and oxygen atoms in total. The first-order valence-corrected chi connectivity index (χ1v) is 11.3. The number of alkyl halides is 2. The van der Waals surface area contributed by atoms with Crippen LogP contribution in [0.4, 0.5) is 24.5 Å². The largest absolute Gasteiger partial charge is 0.496 e. The van der Waals surface area contributed by atoms with Gasteiger partial charge in [0.25, 0.3) is 0 Å². The molecule has 0 radical (unpaired) electrons. The van der Waals surface area contributed by atoms with Crippen LogP contribution in [-0.2, 0) is 10.7 Å². The summed E-state index contributed by atoms with van der Waals surface area (Å²) in [4.78, 5) is 29.4. The minimum atomic E-state index is -3.91. The molecule has 0 aliphatic carbocycles. The number of thiophene rings is 1. The van der Waals surface area contributed by atoms with Crippen LogP contribution >= 0.6 is 11.3 Å². The summed E-state index contributed by atoms with van der Waals surface area (Å²) < 4.78 is 54.0. The molecule has 2 aromatic heterocycles. The van der Waals surface area contributed by atoms with E-state index in [1.165, 1.54) is 13.3 Å². The van der Waals surface area contributed by atoms with Gasteiger partial charge in [-0.1, -0.05) is 0 Å². The highest BCUT2D eigenvalue weighted by molar-refractivity contribution is 7.17. The van der Waals surface area contributed by atoms with Gasteiger partial charge in [-0.2, -0.15) is 8.78 Å². The number of benzene rings is 1. The summed E-state index contributed by atoms with van der Waals surface area (Å²) in [6, 6.07) is 6.89. The second-order valence-corrected chi connectivity index (χ2v) is 8.46. The predicted molar refractivity (Wildman–Crippen MR) is 123 cm³/mol. The molecule has 2 N–H and O–H groups in total. The number of aromatic carboxylic acids is 1. The highest BCUT2D eigenvalue weighted by Crippen LogP contribution is 2.49. The van der Waals surface area contributed by atoms with Gasteiger partial charge in [-0.25, -0.2) is 9.18 Å². The van der Waals surface area contributed by atoms with Crippen LogP contribution < -0.4 is 19.7 Å². The number of nitrogens with one attached hydrogen (secondary N) is 1. The molecule has 35 heavy (non-hydrogen) atoms. The fourth-order valence-corrected chi connectivity index (χ4v) is 4.68. The minimum absolute atomic E-state index is 0.0242. The lowest BCUT2D eigenvalue weighted by Gasteiger charge is -2.18. The van der Waals surface area contributed by atoms with Crippen LogP contribution in [0.25, 0.3) is 10.6 Å². The van der Waals surface area contributed by atoms with Crippen LogP contribution in [0.2, 0.25) is 0 Å². The molecule has 4 rings (SSSR count). The Morgan fingerprint density at radius 3 is 2.71 bits per heavy atom. The summed E-state index contributed by atoms with van der Waals surface area (Å²) in [6.07, 6.45) is 1.49. The number of halogens is 3. The monoisotopic (exact) mass is 507 g/mol. The number of carbonyl (C=O) groups is 2. The zero-order chi connectivity index (χ0) is 25.3. The lowest BCUT2D eigenvalue weighted by atomic mass is 10.1. The first-order chi connectivity index (χ1) is 16.7. The van der Waals surface area contributed by atoms with Crippen molar-refractivity contribution < 1.29 is 37.3 Å². The van der Waals surface area contributed by atoms with Crippen molar-refractivity contribution in [2.75, 3.05) is 37.0 Å². The Labute approximate surface area is 201 Å². The lowest BCUT2D eigenvalue weighted by molar-refractivity contribution is -0.141. The third-order valence-electron chi connectivity index (χ3n) is 5.28. The van der Waals surface area contributed by atoms with Gasteiger partial charge in [-0.05, 0) is 31.2 Å². The number of hydrogen-bond donors (Lipinski definition) is 2. The van der Waals surface area contributed by atoms with Crippen molar-refractivity contribution in [2.24, 2.45) is 0 Å². The molecule has 1 aromatic carbocycles. The van der Waals surface area contributed by atoms with Crippen LogP contribution in [0.1, 0.15) is 22.2 Å². The van der Waals surface area contributed by atoms with Crippen molar-refractivity contribution in [3.8, 4) is 22.1 Å². The number of carbonyl (C=O) groups excluding carboxylic acids is 1. The van der Waals surface area contributed by atoms with Gasteiger partial charge in [-0.15, -0.1) is 11.3 Å². The zero-order valence-electron chi connectivity index (χ0n) is 18.6. The van der Waals surface area contributed by atoms with Gasteiger partial charge in [0.15, 0.2) is 4.88 Å². The topological polar surface area (TPSA) is 101 Å². The van der Waals surface area contributed by atoms with Crippen LogP contribution in [0, 0.1) is 5.82 Å². The number of ether oxygens (including phenoxy) is 2. The molecule has 0 atom stereocenters. The van der Waals surface area contributed by atoms with E-state index in [0.29, 0.717) is 27.8 Å². The smallest absolute Gasteiger partial charge is 0.356 e. The number of carboxylic acids is 1. The summed E-state index contributed by atoms with van der Waals surface area (Å²) in [5, 5.41) is 12.4. The first-order valence-electron chi connectivity index (χ1n) is 10.5. The average Bonchev–Trinajstić information content (AvgIpc) is 3.34. The number of methoxy groups -OCH3 is 1. The highest BCUT2D eigenvalue weighted by atomic mass is 32.1. The number of anilines is 2. The normalized spacial score (nSPS) is 14.1. The molecule has 1 aliphatic heterocycles. The Morgan fingerprint density at radius 2 is 2.03 bits per heavy atom. The maximum Gasteiger partial charge on any atom is 0.356 e. The fraction of sp³-hybridized carbons (Fsp3) is 0.261. The van der Waals surface area contributed by atoms with E-state index in [1.54, 1.807) is 25.1 Å². The SMILES string of the molecule is CCOc1cc(-c2cc(NCCN3C(=O)C(F)(F)c4c(OC)ccc(F)c43)ccn2)sc1C(=O)O. The number of fused-ring (bicyclic) bond motifs is 1. The molecule has 0 fully saturated rings. The summed E-state index contributed by atoms with van der Waals surface area (Å²) in [7, 11) is 1.17. The quantitative estimate of drug-likeness (QED) is 0.436. The van der Waals surface area contributed by atoms with Gasteiger partial charge in [0.1, 0.15) is 17.3 Å². The predicted octanol–water partition coefficient (Wildman–Crippen LogP) is 4.61. The Balaban J connectivity index is 1.52. The van der Waals surface area contributed by atoms with Crippen molar-refractivity contribution in [3.05, 3.63) is 52.8 Å². The van der Waals surface area contributed by atoms with Crippen LogP contribution in [-0.4, -0.2) is 48.8 Å². The standard InChI is InChI=1S/C23H20F3N3O5S/c1-3-34-16-11-17(35-20(16)21(30)31)14-10-12(6-7-28-14)27-8-9-29-19-13(24)4-5-15(33-2)18(19)23(25,26)22(29)32/h4-7,10-11H,3,8-9H2,1-2H3,(H,27,28)(H,30,31). The molecule has 12 heteroatoms. The average molecular weight is 507 g/mol. The van der Waals surface area contributed by atoms with E-state index >= 15 is 0 Å². The van der Waals surface area contributed by atoms with Crippen LogP contribution in [0.5, 0.6) is 11.5 Å². The molecule has 1 aliphatic rings. The Kier molecular flexibility index (Phi) is 6.57. The molecular formula is C23H20F3N3O5S. The summed E-state index contributed by atoms with van der Waals surface area (Å²) >= 11 is 1.01. The number of aromatic nitrogens is 1. The Hall–Kier alpha value is -3.80. The molecule has 0 spiro atoms. The van der Waals surface area contributed by atoms with Crippen molar-refractivity contribution in [3.63, 3.8) is 0 Å². The lowest BCUT2D eigenvalue weighted by Crippen LogP contribution is -2.37. The van der Waals surface area contributed by atoms with Gasteiger partial charge in [-0.3, -0.25) is 9.78 Å². The summed E-state index contributed by atoms with van der Waals surface area (Å²) in [5.41, 5.74) is -0.269. The number of nitrogens with zero attached hydrogens (tertiary/aromatic N) is 2. The highest BCUT2D eigenvalue weighted by Gasteiger charge is 2.56. The van der Waals surface area contributed by atoms with Gasteiger partial charge in [0.05, 0.1) is 35.5 Å². The molecular weight excluding hydrogens is 487 g/mol. The molecule has 0 unspecified atom stereocenters. The first kappa shape index (κ1) is 24.3. The number of rotatable bonds is 9.